The third kappa shape index (κ3) is 2.12. The monoisotopic (exact) mass is 249 g/mol. The van der Waals surface area contributed by atoms with Crippen molar-refractivity contribution in [3.8, 4) is 0 Å². The van der Waals surface area contributed by atoms with Crippen molar-refractivity contribution in [2.75, 3.05) is 13.1 Å². The number of piperidine rings is 1. The van der Waals surface area contributed by atoms with Gasteiger partial charge in [0.2, 0.25) is 0 Å². The van der Waals surface area contributed by atoms with E-state index in [2.05, 4.69) is 4.90 Å². The summed E-state index contributed by atoms with van der Waals surface area (Å²) in [5.74, 6) is 0. The normalized spacial score (nSPS) is 35.7. The zero-order valence-electron chi connectivity index (χ0n) is 9.95. The number of hydrogen-bond donors (Lipinski definition) is 0. The average molecular weight is 249 g/mol. The van der Waals surface area contributed by atoms with Crippen LogP contribution in [0.25, 0.3) is 0 Å². The van der Waals surface area contributed by atoms with Gasteiger partial charge in [-0.15, -0.1) is 3.89 Å². The van der Waals surface area contributed by atoms with Gasteiger partial charge in [-0.25, -0.2) is 0 Å². The third-order valence-corrected chi connectivity index (χ3v) is 5.17. The van der Waals surface area contributed by atoms with E-state index < -0.39 is 15.5 Å². The van der Waals surface area contributed by atoms with Gasteiger partial charge < -0.3 is 0 Å². The van der Waals surface area contributed by atoms with Gasteiger partial charge in [0, 0.05) is 6.04 Å². The quantitative estimate of drug-likeness (QED) is 0.702. The van der Waals surface area contributed by atoms with E-state index in [0.29, 0.717) is 6.42 Å². The summed E-state index contributed by atoms with van der Waals surface area (Å²) in [5, 5.41) is -0.791. The molecular formula is C11H20FNO2S. The molecule has 5 heteroatoms. The topological polar surface area (TPSA) is 37.4 Å². The van der Waals surface area contributed by atoms with Crippen LogP contribution in [0.3, 0.4) is 0 Å². The lowest BCUT2D eigenvalue weighted by atomic mass is 9.65. The van der Waals surface area contributed by atoms with Crippen molar-refractivity contribution in [1.82, 2.24) is 4.90 Å². The Morgan fingerprint density at radius 1 is 1.19 bits per heavy atom. The van der Waals surface area contributed by atoms with Crippen LogP contribution in [0.2, 0.25) is 0 Å². The van der Waals surface area contributed by atoms with Crippen LogP contribution >= 0.6 is 0 Å². The Balaban J connectivity index is 2.15. The molecule has 2 aliphatic rings. The highest BCUT2D eigenvalue weighted by Crippen LogP contribution is 2.48. The molecule has 0 spiro atoms. The summed E-state index contributed by atoms with van der Waals surface area (Å²) in [6.07, 6.45) is 3.86. The highest BCUT2D eigenvalue weighted by atomic mass is 32.3. The minimum atomic E-state index is -4.38. The summed E-state index contributed by atoms with van der Waals surface area (Å²) in [4.78, 5) is 2.18. The van der Waals surface area contributed by atoms with Crippen molar-refractivity contribution in [2.45, 2.75) is 50.8 Å². The van der Waals surface area contributed by atoms with E-state index >= 15 is 0 Å². The second kappa shape index (κ2) is 3.95. The lowest BCUT2D eigenvalue weighted by Gasteiger charge is -2.55. The first-order valence-electron chi connectivity index (χ1n) is 6.00. The van der Waals surface area contributed by atoms with Crippen LogP contribution in [0.4, 0.5) is 3.89 Å². The predicted octanol–water partition coefficient (Wildman–Crippen LogP) is 1.94. The van der Waals surface area contributed by atoms with Gasteiger partial charge in [0.1, 0.15) is 5.25 Å². The molecule has 1 aliphatic heterocycles. The summed E-state index contributed by atoms with van der Waals surface area (Å²) in [6.45, 7) is 5.90. The maximum atomic E-state index is 13.1. The minimum Gasteiger partial charge on any atom is -0.298 e. The van der Waals surface area contributed by atoms with Gasteiger partial charge in [-0.3, -0.25) is 4.90 Å². The third-order valence-electron chi connectivity index (χ3n) is 4.03. The fourth-order valence-corrected chi connectivity index (χ4v) is 4.75. The summed E-state index contributed by atoms with van der Waals surface area (Å²) in [5.41, 5.74) is -0.0683. The number of nitrogens with zero attached hydrogens (tertiary/aromatic N) is 1. The van der Waals surface area contributed by atoms with Gasteiger partial charge in [0.15, 0.2) is 0 Å². The fraction of sp³-hybridized carbons (Fsp3) is 1.00. The van der Waals surface area contributed by atoms with Crippen LogP contribution in [0, 0.1) is 5.41 Å². The van der Waals surface area contributed by atoms with Crippen molar-refractivity contribution in [2.24, 2.45) is 5.41 Å². The molecule has 2 unspecified atom stereocenters. The standard InChI is InChI=1S/C11H20FNO2S/c1-11(2)8-9(16(12,14)15)10(11)13-6-4-3-5-7-13/h9-10H,3-8H2,1-2H3. The van der Waals surface area contributed by atoms with Gasteiger partial charge >= 0.3 is 10.2 Å². The molecule has 2 fully saturated rings. The summed E-state index contributed by atoms with van der Waals surface area (Å²) >= 11 is 0. The van der Waals surface area contributed by atoms with E-state index in [0.717, 1.165) is 25.9 Å². The van der Waals surface area contributed by atoms with Crippen LogP contribution in [0.15, 0.2) is 0 Å². The van der Waals surface area contributed by atoms with Crippen molar-refractivity contribution in [3.05, 3.63) is 0 Å². The van der Waals surface area contributed by atoms with E-state index in [-0.39, 0.29) is 11.5 Å². The Hall–Kier alpha value is -0.160. The Labute approximate surface area is 97.2 Å². The van der Waals surface area contributed by atoms with Crippen LogP contribution in [0.1, 0.15) is 39.5 Å². The number of halogens is 1. The van der Waals surface area contributed by atoms with Gasteiger partial charge in [-0.05, 0) is 37.8 Å². The minimum absolute atomic E-state index is 0.0683. The maximum Gasteiger partial charge on any atom is 0.306 e. The first-order chi connectivity index (χ1) is 7.32. The lowest BCUT2D eigenvalue weighted by molar-refractivity contribution is -0.00689. The van der Waals surface area contributed by atoms with Crippen molar-refractivity contribution < 1.29 is 12.3 Å². The average Bonchev–Trinajstić information content (AvgIpc) is 2.15. The molecule has 0 amide bonds. The number of rotatable bonds is 2. The molecule has 16 heavy (non-hydrogen) atoms. The summed E-state index contributed by atoms with van der Waals surface area (Å²) in [6, 6.07) is -0.122. The van der Waals surface area contributed by atoms with E-state index in [4.69, 9.17) is 0 Å². The van der Waals surface area contributed by atoms with Gasteiger partial charge in [-0.2, -0.15) is 8.42 Å². The molecule has 0 aromatic rings. The Bertz CT molecular complexity index is 360. The number of likely N-dealkylation sites (tertiary alicyclic amines) is 1. The van der Waals surface area contributed by atoms with Crippen LogP contribution in [0.5, 0.6) is 0 Å². The SMILES string of the molecule is CC1(C)CC(S(=O)(=O)F)C1N1CCCCC1. The molecule has 1 saturated carbocycles. The van der Waals surface area contributed by atoms with Crippen LogP contribution in [-0.2, 0) is 10.2 Å². The molecule has 2 atom stereocenters. The second-order valence-electron chi connectivity index (χ2n) is 5.75. The molecule has 3 nitrogen and oxygen atoms in total. The Kier molecular flexibility index (Phi) is 3.03. The molecule has 0 aromatic heterocycles. The molecule has 1 saturated heterocycles. The largest absolute Gasteiger partial charge is 0.306 e. The van der Waals surface area contributed by atoms with Crippen molar-refractivity contribution in [1.29, 1.82) is 0 Å². The van der Waals surface area contributed by atoms with Gasteiger partial charge in [-0.1, -0.05) is 20.3 Å². The molecule has 1 heterocycles. The van der Waals surface area contributed by atoms with Gasteiger partial charge in [0.25, 0.3) is 0 Å². The molecule has 0 bridgehead atoms. The fourth-order valence-electron chi connectivity index (χ4n) is 3.27. The van der Waals surface area contributed by atoms with E-state index in [1.807, 2.05) is 13.8 Å². The molecule has 1 aliphatic carbocycles. The predicted molar refractivity (Wildman–Crippen MR) is 61.4 cm³/mol. The molecule has 0 aromatic carbocycles. The molecule has 2 rings (SSSR count). The van der Waals surface area contributed by atoms with Crippen LogP contribution in [-0.4, -0.2) is 37.7 Å². The molecule has 0 radical (unpaired) electrons. The Morgan fingerprint density at radius 2 is 1.75 bits per heavy atom. The highest BCUT2D eigenvalue weighted by Gasteiger charge is 2.56. The maximum absolute atomic E-state index is 13.1. The smallest absolute Gasteiger partial charge is 0.298 e. The summed E-state index contributed by atoms with van der Waals surface area (Å²) in [7, 11) is -4.38. The zero-order chi connectivity index (χ0) is 12.0. The summed E-state index contributed by atoms with van der Waals surface area (Å²) < 4.78 is 35.3. The Morgan fingerprint density at radius 3 is 2.19 bits per heavy atom. The first-order valence-corrected chi connectivity index (χ1v) is 7.44. The molecule has 94 valence electrons. The molecular weight excluding hydrogens is 229 g/mol. The highest BCUT2D eigenvalue weighted by molar-refractivity contribution is 7.87. The zero-order valence-corrected chi connectivity index (χ0v) is 10.8. The van der Waals surface area contributed by atoms with Crippen molar-refractivity contribution in [3.63, 3.8) is 0 Å². The van der Waals surface area contributed by atoms with E-state index in [1.165, 1.54) is 6.42 Å². The van der Waals surface area contributed by atoms with E-state index in [9.17, 15) is 12.3 Å². The van der Waals surface area contributed by atoms with Crippen molar-refractivity contribution >= 4 is 10.2 Å². The lowest BCUT2D eigenvalue weighted by Crippen LogP contribution is -2.64. The van der Waals surface area contributed by atoms with Gasteiger partial charge in [0.05, 0.1) is 0 Å². The first kappa shape index (κ1) is 12.3. The van der Waals surface area contributed by atoms with E-state index in [1.54, 1.807) is 0 Å². The van der Waals surface area contributed by atoms with Crippen LogP contribution < -0.4 is 0 Å². The molecule has 0 N–H and O–H groups in total. The second-order valence-corrected chi connectivity index (χ2v) is 7.30. The number of hydrogen-bond acceptors (Lipinski definition) is 3.